The normalized spacial score (nSPS) is 11.5. The van der Waals surface area contributed by atoms with Crippen LogP contribution in [-0.4, -0.2) is 14.5 Å². The van der Waals surface area contributed by atoms with Crippen molar-refractivity contribution in [1.29, 1.82) is 0 Å². The molecule has 51 heavy (non-hydrogen) atoms. The second-order valence-electron chi connectivity index (χ2n) is 13.0. The molecule has 3 nitrogen and oxygen atoms in total. The van der Waals surface area contributed by atoms with Crippen molar-refractivity contribution < 1.29 is 0 Å². The highest BCUT2D eigenvalue weighted by Crippen LogP contribution is 2.41. The second-order valence-corrected chi connectivity index (χ2v) is 13.0. The number of hydrogen-bond donors (Lipinski definition) is 0. The Balaban J connectivity index is 1.12. The lowest BCUT2D eigenvalue weighted by Gasteiger charge is -2.12. The first kappa shape index (κ1) is 29.1. The van der Waals surface area contributed by atoms with Crippen LogP contribution in [0.2, 0.25) is 0 Å². The summed E-state index contributed by atoms with van der Waals surface area (Å²) in [5.41, 5.74) is 10.7. The Morgan fingerprint density at radius 1 is 0.333 bits per heavy atom. The standard InChI is InChI=1S/C48H31N3/c1-3-11-32(12-4-1)33-19-21-36(22-20-33)42-31-43(50-48(49-42)38-15-5-2-6-16-38)37-23-27-39(28-24-37)51-44-29-25-34-13-7-9-17-40(34)46(44)47-41-18-10-8-14-35(41)26-30-45(47)51/h1-31H. The molecule has 2 heterocycles. The largest absolute Gasteiger partial charge is 0.309 e. The SMILES string of the molecule is c1ccc(-c2ccc(-c3cc(-c4ccc(-n5c6ccc7ccccc7c6c6c7ccccc7ccc65)cc4)nc(-c4ccccc4)n3)cc2)cc1. The van der Waals surface area contributed by atoms with E-state index in [-0.39, 0.29) is 0 Å². The number of aromatic nitrogens is 3. The van der Waals surface area contributed by atoms with E-state index in [9.17, 15) is 0 Å². The average molecular weight is 650 g/mol. The molecule has 0 aliphatic carbocycles. The number of nitrogens with zero attached hydrogens (tertiary/aromatic N) is 3. The predicted octanol–water partition coefficient (Wildman–Crippen LogP) is 12.5. The Morgan fingerprint density at radius 3 is 1.31 bits per heavy atom. The van der Waals surface area contributed by atoms with Gasteiger partial charge in [0, 0.05) is 33.2 Å². The molecule has 10 rings (SSSR count). The molecule has 3 heteroatoms. The molecule has 0 bridgehead atoms. The summed E-state index contributed by atoms with van der Waals surface area (Å²) in [6.07, 6.45) is 0. The Hall–Kier alpha value is -6.84. The highest BCUT2D eigenvalue weighted by molar-refractivity contribution is 6.28. The van der Waals surface area contributed by atoms with Gasteiger partial charge in [0.2, 0.25) is 0 Å². The fourth-order valence-corrected chi connectivity index (χ4v) is 7.53. The maximum absolute atomic E-state index is 5.11. The molecule has 8 aromatic carbocycles. The summed E-state index contributed by atoms with van der Waals surface area (Å²) < 4.78 is 2.41. The molecule has 0 aliphatic heterocycles. The number of hydrogen-bond acceptors (Lipinski definition) is 2. The molecule has 0 aliphatic rings. The van der Waals surface area contributed by atoms with E-state index in [1.165, 1.54) is 54.5 Å². The van der Waals surface area contributed by atoms with E-state index in [4.69, 9.17) is 9.97 Å². The van der Waals surface area contributed by atoms with Crippen LogP contribution in [0.25, 0.3) is 94.1 Å². The van der Waals surface area contributed by atoms with E-state index in [1.54, 1.807) is 0 Å². The third-order valence-corrected chi connectivity index (χ3v) is 10.0. The van der Waals surface area contributed by atoms with Gasteiger partial charge in [0.05, 0.1) is 22.4 Å². The molecular formula is C48H31N3. The third kappa shape index (κ3) is 4.98. The highest BCUT2D eigenvalue weighted by Gasteiger charge is 2.18. The molecule has 0 amide bonds. The summed E-state index contributed by atoms with van der Waals surface area (Å²) >= 11 is 0. The van der Waals surface area contributed by atoms with Crippen LogP contribution in [-0.2, 0) is 0 Å². The van der Waals surface area contributed by atoms with Crippen LogP contribution in [0.3, 0.4) is 0 Å². The number of fused-ring (bicyclic) bond motifs is 7. The molecule has 0 fully saturated rings. The monoisotopic (exact) mass is 649 g/mol. The van der Waals surface area contributed by atoms with Gasteiger partial charge in [0.15, 0.2) is 5.82 Å². The lowest BCUT2D eigenvalue weighted by Crippen LogP contribution is -1.97. The molecule has 0 radical (unpaired) electrons. The summed E-state index contributed by atoms with van der Waals surface area (Å²) in [7, 11) is 0. The summed E-state index contributed by atoms with van der Waals surface area (Å²) in [5, 5.41) is 7.60. The summed E-state index contributed by atoms with van der Waals surface area (Å²) in [6.45, 7) is 0. The molecule has 0 saturated heterocycles. The van der Waals surface area contributed by atoms with E-state index in [0.717, 1.165) is 33.8 Å². The van der Waals surface area contributed by atoms with E-state index in [1.807, 2.05) is 24.3 Å². The predicted molar refractivity (Wildman–Crippen MR) is 213 cm³/mol. The van der Waals surface area contributed by atoms with Gasteiger partial charge in [-0.25, -0.2) is 9.97 Å². The maximum Gasteiger partial charge on any atom is 0.160 e. The fraction of sp³-hybridized carbons (Fsp3) is 0. The first-order chi connectivity index (χ1) is 25.3. The van der Waals surface area contributed by atoms with Crippen LogP contribution in [0.4, 0.5) is 0 Å². The van der Waals surface area contributed by atoms with Crippen molar-refractivity contribution in [3.63, 3.8) is 0 Å². The van der Waals surface area contributed by atoms with E-state index in [2.05, 4.69) is 168 Å². The topological polar surface area (TPSA) is 30.7 Å². The first-order valence-electron chi connectivity index (χ1n) is 17.3. The van der Waals surface area contributed by atoms with Gasteiger partial charge in [0.25, 0.3) is 0 Å². The van der Waals surface area contributed by atoms with Crippen molar-refractivity contribution in [3.8, 4) is 50.7 Å². The Bertz CT molecular complexity index is 2780. The summed E-state index contributed by atoms with van der Waals surface area (Å²) in [6, 6.07) is 66.7. The number of rotatable bonds is 5. The van der Waals surface area contributed by atoms with Crippen LogP contribution >= 0.6 is 0 Å². The molecule has 238 valence electrons. The minimum atomic E-state index is 0.709. The molecule has 0 saturated carbocycles. The average Bonchev–Trinajstić information content (AvgIpc) is 3.57. The molecule has 0 unspecified atom stereocenters. The molecule has 10 aromatic rings. The lowest BCUT2D eigenvalue weighted by atomic mass is 10.00. The molecule has 0 atom stereocenters. The third-order valence-electron chi connectivity index (χ3n) is 10.0. The van der Waals surface area contributed by atoms with Gasteiger partial charge in [-0.05, 0) is 63.0 Å². The number of benzene rings is 8. The summed E-state index contributed by atoms with van der Waals surface area (Å²) in [4.78, 5) is 10.2. The van der Waals surface area contributed by atoms with E-state index in [0.29, 0.717) is 5.82 Å². The second kappa shape index (κ2) is 11.9. The van der Waals surface area contributed by atoms with Crippen molar-refractivity contribution in [2.45, 2.75) is 0 Å². The summed E-state index contributed by atoms with van der Waals surface area (Å²) in [5.74, 6) is 0.709. The van der Waals surface area contributed by atoms with Crippen LogP contribution in [0.5, 0.6) is 0 Å². The minimum absolute atomic E-state index is 0.709. The van der Waals surface area contributed by atoms with Crippen molar-refractivity contribution in [1.82, 2.24) is 14.5 Å². The van der Waals surface area contributed by atoms with Gasteiger partial charge < -0.3 is 4.57 Å². The van der Waals surface area contributed by atoms with Gasteiger partial charge in [-0.15, -0.1) is 0 Å². The zero-order valence-electron chi connectivity index (χ0n) is 27.7. The zero-order chi connectivity index (χ0) is 33.7. The van der Waals surface area contributed by atoms with E-state index < -0.39 is 0 Å². The van der Waals surface area contributed by atoms with Crippen LogP contribution < -0.4 is 0 Å². The molecule has 2 aromatic heterocycles. The molecule has 0 N–H and O–H groups in total. The van der Waals surface area contributed by atoms with Gasteiger partial charge in [-0.3, -0.25) is 0 Å². The van der Waals surface area contributed by atoms with Gasteiger partial charge in [-0.2, -0.15) is 0 Å². The molecular weight excluding hydrogens is 619 g/mol. The van der Waals surface area contributed by atoms with Gasteiger partial charge in [0.1, 0.15) is 0 Å². The van der Waals surface area contributed by atoms with Crippen LogP contribution in [0.1, 0.15) is 0 Å². The van der Waals surface area contributed by atoms with Crippen molar-refractivity contribution in [3.05, 3.63) is 188 Å². The lowest BCUT2D eigenvalue weighted by molar-refractivity contribution is 1.17. The van der Waals surface area contributed by atoms with Crippen molar-refractivity contribution in [2.75, 3.05) is 0 Å². The van der Waals surface area contributed by atoms with E-state index >= 15 is 0 Å². The Morgan fingerprint density at radius 2 is 0.765 bits per heavy atom. The first-order valence-corrected chi connectivity index (χ1v) is 17.3. The van der Waals surface area contributed by atoms with Crippen molar-refractivity contribution in [2.24, 2.45) is 0 Å². The smallest absolute Gasteiger partial charge is 0.160 e. The van der Waals surface area contributed by atoms with Gasteiger partial charge in [-0.1, -0.05) is 158 Å². The zero-order valence-corrected chi connectivity index (χ0v) is 27.7. The van der Waals surface area contributed by atoms with Crippen LogP contribution in [0, 0.1) is 0 Å². The highest BCUT2D eigenvalue weighted by atomic mass is 15.0. The Kier molecular flexibility index (Phi) is 6.81. The molecule has 0 spiro atoms. The van der Waals surface area contributed by atoms with Crippen LogP contribution in [0.15, 0.2) is 188 Å². The fourth-order valence-electron chi connectivity index (χ4n) is 7.53. The minimum Gasteiger partial charge on any atom is -0.309 e. The Labute approximate surface area is 295 Å². The quantitative estimate of drug-likeness (QED) is 0.186. The maximum atomic E-state index is 5.11. The van der Waals surface area contributed by atoms with Gasteiger partial charge >= 0.3 is 0 Å². The van der Waals surface area contributed by atoms with Crippen molar-refractivity contribution >= 4 is 43.4 Å².